The number of carbonyl (C=O) groups excluding carboxylic acids is 1. The first kappa shape index (κ1) is 21.2. The molecule has 1 fully saturated rings. The number of aryl methyl sites for hydroxylation is 1. The summed E-state index contributed by atoms with van der Waals surface area (Å²) in [6.07, 6.45) is 0. The lowest BCUT2D eigenvalue weighted by atomic mass is 10.0. The number of aromatic nitrogens is 2. The van der Waals surface area contributed by atoms with E-state index in [9.17, 15) is 4.79 Å². The van der Waals surface area contributed by atoms with Gasteiger partial charge < -0.3 is 9.42 Å². The minimum Gasteiger partial charge on any atom is -0.337 e. The number of benzene rings is 2. The van der Waals surface area contributed by atoms with E-state index >= 15 is 0 Å². The molecular weight excluding hydrogens is 388 g/mol. The van der Waals surface area contributed by atoms with E-state index < -0.39 is 0 Å². The fraction of sp³-hybridized carbons (Fsp3) is 0.400. The molecule has 1 unspecified atom stereocenters. The van der Waals surface area contributed by atoms with Crippen molar-refractivity contribution in [3.8, 4) is 11.4 Å². The molecule has 0 aliphatic carbocycles. The number of carbonyl (C=O) groups is 1. The highest BCUT2D eigenvalue weighted by Gasteiger charge is 2.28. The summed E-state index contributed by atoms with van der Waals surface area (Å²) in [7, 11) is 0. The van der Waals surface area contributed by atoms with Gasteiger partial charge in [-0.3, -0.25) is 9.69 Å². The van der Waals surface area contributed by atoms with Crippen LogP contribution < -0.4 is 0 Å². The fourth-order valence-corrected chi connectivity index (χ4v) is 3.89. The van der Waals surface area contributed by atoms with Gasteiger partial charge in [0.25, 0.3) is 5.91 Å². The van der Waals surface area contributed by atoms with Crippen molar-refractivity contribution in [3.63, 3.8) is 0 Å². The quantitative estimate of drug-likeness (QED) is 0.602. The van der Waals surface area contributed by atoms with Crippen LogP contribution in [0.5, 0.6) is 0 Å². The molecule has 0 saturated carbocycles. The molecule has 1 aliphatic heterocycles. The predicted octanol–water partition coefficient (Wildman–Crippen LogP) is 4.69. The zero-order valence-electron chi connectivity index (χ0n) is 18.7. The Morgan fingerprint density at radius 3 is 2.19 bits per heavy atom. The SMILES string of the molecule is Cc1ccc(-c2noc(C(C)N3CCN(C(=O)c4ccc(C(C)C)cc4)CC3)n2)cc1. The van der Waals surface area contributed by atoms with Crippen LogP contribution in [0.25, 0.3) is 11.4 Å². The number of hydrogen-bond acceptors (Lipinski definition) is 5. The van der Waals surface area contributed by atoms with E-state index in [1.54, 1.807) is 0 Å². The van der Waals surface area contributed by atoms with E-state index in [0.29, 0.717) is 30.7 Å². The lowest BCUT2D eigenvalue weighted by Crippen LogP contribution is -2.49. The monoisotopic (exact) mass is 418 g/mol. The molecule has 0 radical (unpaired) electrons. The van der Waals surface area contributed by atoms with E-state index in [1.807, 2.05) is 41.3 Å². The Bertz CT molecular complexity index is 1020. The van der Waals surface area contributed by atoms with Crippen LogP contribution in [0, 0.1) is 6.92 Å². The fourth-order valence-electron chi connectivity index (χ4n) is 3.89. The third kappa shape index (κ3) is 4.69. The van der Waals surface area contributed by atoms with Crippen LogP contribution >= 0.6 is 0 Å². The van der Waals surface area contributed by atoms with Crippen molar-refractivity contribution in [2.45, 2.75) is 39.7 Å². The summed E-state index contributed by atoms with van der Waals surface area (Å²) >= 11 is 0. The van der Waals surface area contributed by atoms with Crippen molar-refractivity contribution in [1.29, 1.82) is 0 Å². The molecule has 1 aliphatic rings. The molecule has 3 aromatic rings. The molecule has 1 aromatic heterocycles. The van der Waals surface area contributed by atoms with E-state index in [2.05, 4.69) is 54.9 Å². The van der Waals surface area contributed by atoms with Gasteiger partial charge in [-0.05, 0) is 37.5 Å². The van der Waals surface area contributed by atoms with Gasteiger partial charge in [0.15, 0.2) is 0 Å². The molecule has 0 N–H and O–H groups in total. The van der Waals surface area contributed by atoms with Crippen molar-refractivity contribution in [1.82, 2.24) is 19.9 Å². The first-order valence-electron chi connectivity index (χ1n) is 11.0. The molecule has 6 heteroatoms. The van der Waals surface area contributed by atoms with Crippen LogP contribution in [0.1, 0.15) is 60.1 Å². The number of hydrogen-bond donors (Lipinski definition) is 0. The normalized spacial score (nSPS) is 16.0. The summed E-state index contributed by atoms with van der Waals surface area (Å²) in [5, 5.41) is 4.16. The molecule has 2 heterocycles. The number of rotatable bonds is 5. The Morgan fingerprint density at radius 1 is 0.935 bits per heavy atom. The molecule has 31 heavy (non-hydrogen) atoms. The first-order chi connectivity index (χ1) is 14.9. The minimum absolute atomic E-state index is 0.00859. The van der Waals surface area contributed by atoms with Crippen molar-refractivity contribution in [3.05, 3.63) is 71.1 Å². The van der Waals surface area contributed by atoms with Gasteiger partial charge in [0.2, 0.25) is 11.7 Å². The maximum absolute atomic E-state index is 12.9. The highest BCUT2D eigenvalue weighted by atomic mass is 16.5. The van der Waals surface area contributed by atoms with Gasteiger partial charge in [0, 0.05) is 37.3 Å². The van der Waals surface area contributed by atoms with Gasteiger partial charge in [-0.25, -0.2) is 0 Å². The number of piperazine rings is 1. The molecule has 1 saturated heterocycles. The zero-order chi connectivity index (χ0) is 22.0. The molecule has 0 spiro atoms. The highest BCUT2D eigenvalue weighted by molar-refractivity contribution is 5.94. The second-order valence-electron chi connectivity index (χ2n) is 8.60. The molecule has 1 atom stereocenters. The second kappa shape index (κ2) is 9.02. The summed E-state index contributed by atoms with van der Waals surface area (Å²) in [5.74, 6) is 1.78. The van der Waals surface area contributed by atoms with Crippen molar-refractivity contribution in [2.75, 3.05) is 26.2 Å². The van der Waals surface area contributed by atoms with E-state index in [4.69, 9.17) is 4.52 Å². The standard InChI is InChI=1S/C25H30N4O2/c1-17(2)20-9-11-22(12-10-20)25(30)29-15-13-28(14-16-29)19(4)24-26-23(27-31-24)21-7-5-18(3)6-8-21/h5-12,17,19H,13-16H2,1-4H3. The predicted molar refractivity (Wildman–Crippen MR) is 121 cm³/mol. The molecule has 2 aromatic carbocycles. The van der Waals surface area contributed by atoms with Crippen LogP contribution in [0.4, 0.5) is 0 Å². The minimum atomic E-state index is 0.00859. The van der Waals surface area contributed by atoms with Crippen LogP contribution in [-0.4, -0.2) is 52.0 Å². The van der Waals surface area contributed by atoms with E-state index in [1.165, 1.54) is 11.1 Å². The Morgan fingerprint density at radius 2 is 1.58 bits per heavy atom. The Hall–Kier alpha value is -2.99. The Balaban J connectivity index is 1.36. The van der Waals surface area contributed by atoms with Crippen LogP contribution in [0.2, 0.25) is 0 Å². The average Bonchev–Trinajstić information content (AvgIpc) is 3.29. The van der Waals surface area contributed by atoms with Crippen molar-refractivity contribution >= 4 is 5.91 Å². The van der Waals surface area contributed by atoms with Gasteiger partial charge in [-0.15, -0.1) is 0 Å². The zero-order valence-corrected chi connectivity index (χ0v) is 18.7. The summed E-state index contributed by atoms with van der Waals surface area (Å²) in [6.45, 7) is 11.4. The molecule has 162 valence electrons. The Kier molecular flexibility index (Phi) is 6.18. The highest BCUT2D eigenvalue weighted by Crippen LogP contribution is 2.24. The third-order valence-electron chi connectivity index (χ3n) is 6.08. The van der Waals surface area contributed by atoms with Crippen LogP contribution in [-0.2, 0) is 0 Å². The summed E-state index contributed by atoms with van der Waals surface area (Å²) < 4.78 is 5.56. The third-order valence-corrected chi connectivity index (χ3v) is 6.08. The van der Waals surface area contributed by atoms with Gasteiger partial charge in [-0.2, -0.15) is 4.98 Å². The molecule has 4 rings (SSSR count). The lowest BCUT2D eigenvalue weighted by molar-refractivity contribution is 0.0551. The average molecular weight is 419 g/mol. The maximum Gasteiger partial charge on any atom is 0.253 e. The molecule has 6 nitrogen and oxygen atoms in total. The van der Waals surface area contributed by atoms with Gasteiger partial charge in [-0.1, -0.05) is 61.0 Å². The van der Waals surface area contributed by atoms with Gasteiger partial charge in [0.1, 0.15) is 0 Å². The van der Waals surface area contributed by atoms with E-state index in [0.717, 1.165) is 24.2 Å². The molecule has 1 amide bonds. The topological polar surface area (TPSA) is 62.5 Å². The summed E-state index contributed by atoms with van der Waals surface area (Å²) in [6, 6.07) is 16.1. The second-order valence-corrected chi connectivity index (χ2v) is 8.60. The maximum atomic E-state index is 12.9. The van der Waals surface area contributed by atoms with E-state index in [-0.39, 0.29) is 11.9 Å². The van der Waals surface area contributed by atoms with Gasteiger partial charge in [0.05, 0.1) is 6.04 Å². The summed E-state index contributed by atoms with van der Waals surface area (Å²) in [4.78, 5) is 21.7. The lowest BCUT2D eigenvalue weighted by Gasteiger charge is -2.36. The largest absolute Gasteiger partial charge is 0.337 e. The van der Waals surface area contributed by atoms with Gasteiger partial charge >= 0.3 is 0 Å². The first-order valence-corrected chi connectivity index (χ1v) is 11.0. The summed E-state index contributed by atoms with van der Waals surface area (Å²) in [5.41, 5.74) is 4.15. The molecule has 0 bridgehead atoms. The Labute approximate surface area is 183 Å². The number of nitrogens with zero attached hydrogens (tertiary/aromatic N) is 4. The smallest absolute Gasteiger partial charge is 0.253 e. The van der Waals surface area contributed by atoms with Crippen molar-refractivity contribution in [2.24, 2.45) is 0 Å². The van der Waals surface area contributed by atoms with Crippen LogP contribution in [0.15, 0.2) is 53.1 Å². The number of amides is 1. The molecular formula is C25H30N4O2. The van der Waals surface area contributed by atoms with Crippen LogP contribution in [0.3, 0.4) is 0 Å². The van der Waals surface area contributed by atoms with Crippen molar-refractivity contribution < 1.29 is 9.32 Å².